The van der Waals surface area contributed by atoms with Gasteiger partial charge < -0.3 is 15.0 Å². The summed E-state index contributed by atoms with van der Waals surface area (Å²) in [6.45, 7) is 6.85. The minimum Gasteiger partial charge on any atom is -0.377 e. The van der Waals surface area contributed by atoms with Gasteiger partial charge >= 0.3 is 0 Å². The van der Waals surface area contributed by atoms with E-state index in [2.05, 4.69) is 41.2 Å². The molecule has 0 spiro atoms. The SMILES string of the molecule is CNC(C)c1ccc(N2CCOCC2C)cn1. The standard InChI is InChI=1S/C13H21N3O/c1-10-9-17-7-6-16(10)12-4-5-13(15-8-12)11(2)14-3/h4-5,8,10-11,14H,6-7,9H2,1-3H3. The number of hydrogen-bond donors (Lipinski definition) is 1. The molecule has 0 amide bonds. The van der Waals surface area contributed by atoms with Crippen LogP contribution in [-0.2, 0) is 4.74 Å². The van der Waals surface area contributed by atoms with Gasteiger partial charge in [-0.25, -0.2) is 0 Å². The molecule has 0 bridgehead atoms. The maximum absolute atomic E-state index is 5.44. The van der Waals surface area contributed by atoms with Gasteiger partial charge in [-0.15, -0.1) is 0 Å². The second-order valence-corrected chi connectivity index (χ2v) is 4.57. The molecule has 1 aliphatic rings. The van der Waals surface area contributed by atoms with Gasteiger partial charge in [-0.2, -0.15) is 0 Å². The first-order valence-electron chi connectivity index (χ1n) is 6.20. The highest BCUT2D eigenvalue weighted by Gasteiger charge is 2.19. The van der Waals surface area contributed by atoms with Crippen LogP contribution in [0.15, 0.2) is 18.3 Å². The Bertz CT molecular complexity index is 352. The molecule has 2 heterocycles. The fraction of sp³-hybridized carbons (Fsp3) is 0.615. The number of rotatable bonds is 3. The third-order valence-corrected chi connectivity index (χ3v) is 3.35. The average Bonchev–Trinajstić information content (AvgIpc) is 2.39. The van der Waals surface area contributed by atoms with Crippen molar-refractivity contribution in [3.63, 3.8) is 0 Å². The van der Waals surface area contributed by atoms with Crippen molar-refractivity contribution < 1.29 is 4.74 Å². The Kier molecular flexibility index (Phi) is 3.97. The number of morpholine rings is 1. The third-order valence-electron chi connectivity index (χ3n) is 3.35. The highest BCUT2D eigenvalue weighted by molar-refractivity contribution is 5.46. The van der Waals surface area contributed by atoms with E-state index in [-0.39, 0.29) is 0 Å². The van der Waals surface area contributed by atoms with Crippen LogP contribution in [0.25, 0.3) is 0 Å². The number of anilines is 1. The van der Waals surface area contributed by atoms with E-state index in [1.54, 1.807) is 0 Å². The van der Waals surface area contributed by atoms with Crippen LogP contribution in [0.4, 0.5) is 5.69 Å². The van der Waals surface area contributed by atoms with E-state index in [9.17, 15) is 0 Å². The lowest BCUT2D eigenvalue weighted by atomic mass is 10.2. The summed E-state index contributed by atoms with van der Waals surface area (Å²) in [7, 11) is 1.95. The molecule has 2 rings (SSSR count). The molecular formula is C13H21N3O. The second-order valence-electron chi connectivity index (χ2n) is 4.57. The molecule has 1 fully saturated rings. The Balaban J connectivity index is 2.11. The van der Waals surface area contributed by atoms with Crippen molar-refractivity contribution >= 4 is 5.69 Å². The summed E-state index contributed by atoms with van der Waals surface area (Å²) >= 11 is 0. The molecule has 1 saturated heterocycles. The minimum atomic E-state index is 0.297. The molecule has 17 heavy (non-hydrogen) atoms. The largest absolute Gasteiger partial charge is 0.377 e. The van der Waals surface area contributed by atoms with Gasteiger partial charge in [-0.1, -0.05) is 0 Å². The molecule has 4 nitrogen and oxygen atoms in total. The summed E-state index contributed by atoms with van der Waals surface area (Å²) in [6, 6.07) is 4.97. The molecule has 1 aromatic rings. The van der Waals surface area contributed by atoms with Crippen LogP contribution in [-0.4, -0.2) is 37.8 Å². The van der Waals surface area contributed by atoms with Crippen LogP contribution in [0.5, 0.6) is 0 Å². The Morgan fingerprint density at radius 2 is 2.35 bits per heavy atom. The summed E-state index contributed by atoms with van der Waals surface area (Å²) in [5.74, 6) is 0. The van der Waals surface area contributed by atoms with Crippen molar-refractivity contribution in [2.75, 3.05) is 31.7 Å². The van der Waals surface area contributed by atoms with Gasteiger partial charge in [0.2, 0.25) is 0 Å². The predicted molar refractivity (Wildman–Crippen MR) is 69.3 cm³/mol. The van der Waals surface area contributed by atoms with E-state index in [4.69, 9.17) is 4.74 Å². The summed E-state index contributed by atoms with van der Waals surface area (Å²) in [6.07, 6.45) is 1.96. The van der Waals surface area contributed by atoms with Gasteiger partial charge in [0.15, 0.2) is 0 Å². The topological polar surface area (TPSA) is 37.4 Å². The van der Waals surface area contributed by atoms with Crippen LogP contribution in [0.3, 0.4) is 0 Å². The molecule has 0 radical (unpaired) electrons. The monoisotopic (exact) mass is 235 g/mol. The second kappa shape index (κ2) is 5.47. The molecule has 1 N–H and O–H groups in total. The normalized spacial score (nSPS) is 22.5. The van der Waals surface area contributed by atoms with Crippen molar-refractivity contribution in [1.82, 2.24) is 10.3 Å². The molecule has 4 heteroatoms. The van der Waals surface area contributed by atoms with Gasteiger partial charge in [-0.3, -0.25) is 4.98 Å². The first kappa shape index (κ1) is 12.3. The highest BCUT2D eigenvalue weighted by Crippen LogP contribution is 2.20. The summed E-state index contributed by atoms with van der Waals surface area (Å²) in [5.41, 5.74) is 2.27. The number of nitrogens with zero attached hydrogens (tertiary/aromatic N) is 2. The van der Waals surface area contributed by atoms with Crippen LogP contribution >= 0.6 is 0 Å². The zero-order valence-electron chi connectivity index (χ0n) is 10.8. The molecule has 2 unspecified atom stereocenters. The number of aromatic nitrogens is 1. The Morgan fingerprint density at radius 3 is 2.94 bits per heavy atom. The van der Waals surface area contributed by atoms with Crippen LogP contribution in [0.1, 0.15) is 25.6 Å². The van der Waals surface area contributed by atoms with E-state index < -0.39 is 0 Å². The Morgan fingerprint density at radius 1 is 1.53 bits per heavy atom. The number of pyridine rings is 1. The molecule has 2 atom stereocenters. The highest BCUT2D eigenvalue weighted by atomic mass is 16.5. The van der Waals surface area contributed by atoms with Crippen LogP contribution in [0.2, 0.25) is 0 Å². The van der Waals surface area contributed by atoms with E-state index >= 15 is 0 Å². The summed E-state index contributed by atoms with van der Waals surface area (Å²) in [5, 5.41) is 3.19. The van der Waals surface area contributed by atoms with Gasteiger partial charge in [0.05, 0.1) is 30.8 Å². The van der Waals surface area contributed by atoms with Crippen molar-refractivity contribution in [2.24, 2.45) is 0 Å². The van der Waals surface area contributed by atoms with Crippen molar-refractivity contribution in [2.45, 2.75) is 25.9 Å². The smallest absolute Gasteiger partial charge is 0.0668 e. The van der Waals surface area contributed by atoms with Gasteiger partial charge in [0.1, 0.15) is 0 Å². The maximum Gasteiger partial charge on any atom is 0.0668 e. The van der Waals surface area contributed by atoms with Crippen molar-refractivity contribution in [3.05, 3.63) is 24.0 Å². The molecule has 0 aromatic carbocycles. The Hall–Kier alpha value is -1.13. The molecule has 94 valence electrons. The number of nitrogens with one attached hydrogen (secondary N) is 1. The zero-order valence-corrected chi connectivity index (χ0v) is 10.8. The zero-order chi connectivity index (χ0) is 12.3. The number of ether oxygens (including phenoxy) is 1. The first-order chi connectivity index (χ1) is 8.22. The summed E-state index contributed by atoms with van der Waals surface area (Å²) < 4.78 is 5.44. The molecule has 1 aromatic heterocycles. The quantitative estimate of drug-likeness (QED) is 0.863. The lowest BCUT2D eigenvalue weighted by molar-refractivity contribution is 0.0989. The lowest BCUT2D eigenvalue weighted by Crippen LogP contribution is -2.43. The molecular weight excluding hydrogens is 214 g/mol. The van der Waals surface area contributed by atoms with E-state index in [1.807, 2.05) is 13.2 Å². The Labute approximate surface area is 103 Å². The predicted octanol–water partition coefficient (Wildman–Crippen LogP) is 1.59. The van der Waals surface area contributed by atoms with E-state index in [0.29, 0.717) is 12.1 Å². The van der Waals surface area contributed by atoms with E-state index in [0.717, 1.165) is 25.5 Å². The van der Waals surface area contributed by atoms with Crippen molar-refractivity contribution in [3.8, 4) is 0 Å². The molecule has 1 aliphatic heterocycles. The fourth-order valence-corrected chi connectivity index (χ4v) is 2.08. The van der Waals surface area contributed by atoms with Crippen molar-refractivity contribution in [1.29, 1.82) is 0 Å². The minimum absolute atomic E-state index is 0.297. The van der Waals surface area contributed by atoms with Gasteiger partial charge in [0, 0.05) is 18.6 Å². The lowest BCUT2D eigenvalue weighted by Gasteiger charge is -2.35. The first-order valence-corrected chi connectivity index (χ1v) is 6.20. The van der Waals surface area contributed by atoms with Crippen LogP contribution < -0.4 is 10.2 Å². The molecule has 0 aliphatic carbocycles. The van der Waals surface area contributed by atoms with Crippen LogP contribution in [0, 0.1) is 0 Å². The maximum atomic E-state index is 5.44. The van der Waals surface area contributed by atoms with Gasteiger partial charge in [0.25, 0.3) is 0 Å². The molecule has 0 saturated carbocycles. The third kappa shape index (κ3) is 2.76. The van der Waals surface area contributed by atoms with E-state index in [1.165, 1.54) is 5.69 Å². The van der Waals surface area contributed by atoms with Gasteiger partial charge in [-0.05, 0) is 33.0 Å². The number of hydrogen-bond acceptors (Lipinski definition) is 4. The average molecular weight is 235 g/mol. The fourth-order valence-electron chi connectivity index (χ4n) is 2.08. The summed E-state index contributed by atoms with van der Waals surface area (Å²) in [4.78, 5) is 6.87.